The van der Waals surface area contributed by atoms with Gasteiger partial charge < -0.3 is 5.73 Å². The van der Waals surface area contributed by atoms with Gasteiger partial charge in [0, 0.05) is 5.02 Å². The summed E-state index contributed by atoms with van der Waals surface area (Å²) in [4.78, 5) is 10.9. The Balaban J connectivity index is 0.00000144. The standard InChI is InChI=1S/C8H7ClFNO.ClH/c9-5-1-2-6(7(10)3-5)8(12)4-11;/h1-3H,4,11H2;1H. The Morgan fingerprint density at radius 3 is 2.62 bits per heavy atom. The molecule has 0 amide bonds. The SMILES string of the molecule is Cl.NCC(=O)c1ccc(Cl)cc1F. The van der Waals surface area contributed by atoms with Gasteiger partial charge in [0.15, 0.2) is 5.78 Å². The van der Waals surface area contributed by atoms with Crippen molar-refractivity contribution in [2.75, 3.05) is 6.54 Å². The van der Waals surface area contributed by atoms with E-state index < -0.39 is 11.6 Å². The van der Waals surface area contributed by atoms with Gasteiger partial charge in [-0.05, 0) is 18.2 Å². The van der Waals surface area contributed by atoms with Gasteiger partial charge in [-0.2, -0.15) is 0 Å². The van der Waals surface area contributed by atoms with E-state index in [4.69, 9.17) is 17.3 Å². The lowest BCUT2D eigenvalue weighted by atomic mass is 10.1. The Labute approximate surface area is 86.3 Å². The number of ketones is 1. The number of nitrogens with two attached hydrogens (primary N) is 1. The molecule has 0 unspecified atom stereocenters. The maximum atomic E-state index is 12.9. The summed E-state index contributed by atoms with van der Waals surface area (Å²) in [6, 6.07) is 3.87. The zero-order valence-corrected chi connectivity index (χ0v) is 8.16. The van der Waals surface area contributed by atoms with Gasteiger partial charge in [-0.25, -0.2) is 4.39 Å². The van der Waals surface area contributed by atoms with Crippen LogP contribution in [0.2, 0.25) is 5.02 Å². The first-order valence-corrected chi connectivity index (χ1v) is 3.71. The molecule has 5 heteroatoms. The van der Waals surface area contributed by atoms with Gasteiger partial charge in [0.25, 0.3) is 0 Å². The smallest absolute Gasteiger partial charge is 0.179 e. The molecule has 0 saturated carbocycles. The van der Waals surface area contributed by atoms with Crippen molar-refractivity contribution in [3.05, 3.63) is 34.6 Å². The molecule has 0 aliphatic heterocycles. The van der Waals surface area contributed by atoms with E-state index in [0.717, 1.165) is 6.07 Å². The van der Waals surface area contributed by atoms with Crippen LogP contribution in [0.1, 0.15) is 10.4 Å². The second-order valence-electron chi connectivity index (χ2n) is 2.25. The molecule has 0 spiro atoms. The molecule has 0 heterocycles. The summed E-state index contributed by atoms with van der Waals surface area (Å²) in [5.74, 6) is -1.05. The summed E-state index contributed by atoms with van der Waals surface area (Å²) < 4.78 is 12.9. The van der Waals surface area contributed by atoms with Crippen LogP contribution in [0, 0.1) is 5.82 Å². The van der Waals surface area contributed by atoms with E-state index in [9.17, 15) is 9.18 Å². The Hall–Kier alpha value is -0.640. The minimum absolute atomic E-state index is 0. The van der Waals surface area contributed by atoms with Gasteiger partial charge in [0.2, 0.25) is 0 Å². The van der Waals surface area contributed by atoms with Gasteiger partial charge in [-0.1, -0.05) is 11.6 Å². The fourth-order valence-electron chi connectivity index (χ4n) is 0.826. The molecule has 0 bridgehead atoms. The van der Waals surface area contributed by atoms with Crippen LogP contribution in [0.5, 0.6) is 0 Å². The maximum absolute atomic E-state index is 12.9. The third-order valence-corrected chi connectivity index (χ3v) is 1.65. The van der Waals surface area contributed by atoms with Crippen molar-refractivity contribution in [2.24, 2.45) is 5.73 Å². The van der Waals surface area contributed by atoms with E-state index in [0.29, 0.717) is 0 Å². The molecule has 0 aromatic heterocycles. The fourth-order valence-corrected chi connectivity index (χ4v) is 0.984. The highest BCUT2D eigenvalue weighted by molar-refractivity contribution is 6.30. The van der Waals surface area contributed by atoms with E-state index in [1.807, 2.05) is 0 Å². The van der Waals surface area contributed by atoms with Crippen molar-refractivity contribution < 1.29 is 9.18 Å². The van der Waals surface area contributed by atoms with Crippen LogP contribution in [0.15, 0.2) is 18.2 Å². The Bertz CT molecular complexity index is 317. The van der Waals surface area contributed by atoms with Gasteiger partial charge in [-0.3, -0.25) is 4.79 Å². The zero-order chi connectivity index (χ0) is 9.14. The van der Waals surface area contributed by atoms with Crippen molar-refractivity contribution in [1.82, 2.24) is 0 Å². The van der Waals surface area contributed by atoms with Gasteiger partial charge >= 0.3 is 0 Å². The van der Waals surface area contributed by atoms with Crippen LogP contribution in [0.4, 0.5) is 4.39 Å². The third-order valence-electron chi connectivity index (χ3n) is 1.42. The van der Waals surface area contributed by atoms with E-state index in [1.54, 1.807) is 0 Å². The van der Waals surface area contributed by atoms with Crippen molar-refractivity contribution in [3.63, 3.8) is 0 Å². The zero-order valence-electron chi connectivity index (χ0n) is 6.59. The number of halogens is 3. The summed E-state index contributed by atoms with van der Waals surface area (Å²) >= 11 is 5.48. The quantitative estimate of drug-likeness (QED) is 0.781. The first kappa shape index (κ1) is 12.4. The molecule has 2 N–H and O–H groups in total. The monoisotopic (exact) mass is 223 g/mol. The summed E-state index contributed by atoms with van der Waals surface area (Å²) in [5.41, 5.74) is 5.05. The summed E-state index contributed by atoms with van der Waals surface area (Å²) in [7, 11) is 0. The number of carbonyl (C=O) groups excluding carboxylic acids is 1. The molecule has 0 radical (unpaired) electrons. The van der Waals surface area contributed by atoms with E-state index in [-0.39, 0.29) is 29.5 Å². The molecule has 0 saturated heterocycles. The summed E-state index contributed by atoms with van der Waals surface area (Å²) in [5, 5.41) is 0.265. The minimum Gasteiger partial charge on any atom is -0.324 e. The molecule has 1 aromatic rings. The lowest BCUT2D eigenvalue weighted by molar-refractivity contribution is 0.0997. The van der Waals surface area contributed by atoms with Crippen molar-refractivity contribution >= 4 is 29.8 Å². The second-order valence-corrected chi connectivity index (χ2v) is 2.69. The number of Topliss-reactive ketones (excluding diaryl/α,β-unsaturated/α-hetero) is 1. The molecule has 13 heavy (non-hydrogen) atoms. The predicted molar refractivity (Wildman–Crippen MR) is 52.0 cm³/mol. The molecule has 2 nitrogen and oxygen atoms in total. The molecule has 72 valence electrons. The normalized spacial score (nSPS) is 9.15. The van der Waals surface area contributed by atoms with Crippen molar-refractivity contribution in [1.29, 1.82) is 0 Å². The van der Waals surface area contributed by atoms with Gasteiger partial charge in [0.05, 0.1) is 12.1 Å². The van der Waals surface area contributed by atoms with Crippen LogP contribution in [0.3, 0.4) is 0 Å². The Morgan fingerprint density at radius 1 is 1.54 bits per heavy atom. The van der Waals surface area contributed by atoms with Gasteiger partial charge in [-0.15, -0.1) is 12.4 Å². The largest absolute Gasteiger partial charge is 0.324 e. The summed E-state index contributed by atoms with van der Waals surface area (Å²) in [6.45, 7) is -0.196. The molecule has 0 atom stereocenters. The first-order valence-electron chi connectivity index (χ1n) is 3.33. The lowest BCUT2D eigenvalue weighted by Gasteiger charge is -1.99. The topological polar surface area (TPSA) is 43.1 Å². The molecule has 1 rings (SSSR count). The molecule has 0 aliphatic carbocycles. The second kappa shape index (κ2) is 5.17. The molecule has 0 fully saturated rings. The molecule has 0 aliphatic rings. The fraction of sp³-hybridized carbons (Fsp3) is 0.125. The summed E-state index contributed by atoms with van der Waals surface area (Å²) in [6.07, 6.45) is 0. The van der Waals surface area contributed by atoms with Crippen LogP contribution >= 0.6 is 24.0 Å². The lowest BCUT2D eigenvalue weighted by Crippen LogP contribution is -2.14. The van der Waals surface area contributed by atoms with Crippen LogP contribution in [-0.2, 0) is 0 Å². The number of benzene rings is 1. The molecular weight excluding hydrogens is 216 g/mol. The number of hydrogen-bond donors (Lipinski definition) is 1. The average Bonchev–Trinajstić information content (AvgIpc) is 2.03. The van der Waals surface area contributed by atoms with Gasteiger partial charge in [0.1, 0.15) is 5.82 Å². The number of rotatable bonds is 2. The van der Waals surface area contributed by atoms with Crippen LogP contribution in [0.25, 0.3) is 0 Å². The Morgan fingerprint density at radius 2 is 2.15 bits per heavy atom. The minimum atomic E-state index is -0.627. The predicted octanol–water partition coefficient (Wildman–Crippen LogP) is 2.04. The van der Waals surface area contributed by atoms with Crippen LogP contribution < -0.4 is 5.73 Å². The van der Waals surface area contributed by atoms with E-state index >= 15 is 0 Å². The average molecular weight is 224 g/mol. The van der Waals surface area contributed by atoms with Crippen molar-refractivity contribution in [2.45, 2.75) is 0 Å². The number of carbonyl (C=O) groups is 1. The highest BCUT2D eigenvalue weighted by Crippen LogP contribution is 2.14. The van der Waals surface area contributed by atoms with E-state index in [2.05, 4.69) is 0 Å². The number of hydrogen-bond acceptors (Lipinski definition) is 2. The Kier molecular flexibility index (Phi) is 4.91. The molecule has 1 aromatic carbocycles. The third kappa shape index (κ3) is 2.95. The maximum Gasteiger partial charge on any atom is 0.179 e. The van der Waals surface area contributed by atoms with E-state index in [1.165, 1.54) is 12.1 Å². The molecular formula is C8H8Cl2FNO. The highest BCUT2D eigenvalue weighted by atomic mass is 35.5. The highest BCUT2D eigenvalue weighted by Gasteiger charge is 2.09. The van der Waals surface area contributed by atoms with Crippen molar-refractivity contribution in [3.8, 4) is 0 Å². The van der Waals surface area contributed by atoms with Crippen LogP contribution in [-0.4, -0.2) is 12.3 Å². The first-order chi connectivity index (χ1) is 5.65.